The highest BCUT2D eigenvalue weighted by Gasteiger charge is 2.20. The van der Waals surface area contributed by atoms with Gasteiger partial charge in [0, 0.05) is 10.4 Å². The Labute approximate surface area is 144 Å². The average molecular weight is 345 g/mol. The summed E-state index contributed by atoms with van der Waals surface area (Å²) in [4.78, 5) is 28.8. The maximum atomic E-state index is 12.0. The van der Waals surface area contributed by atoms with Crippen LogP contribution in [0.3, 0.4) is 0 Å². The Bertz CT molecular complexity index is 755. The number of nitrogens with two attached hydrogens (primary N) is 1. The summed E-state index contributed by atoms with van der Waals surface area (Å²) in [5.41, 5.74) is 6.68. The second kappa shape index (κ2) is 7.00. The fourth-order valence-electron chi connectivity index (χ4n) is 2.61. The summed E-state index contributed by atoms with van der Waals surface area (Å²) in [5, 5.41) is 3.41. The highest BCUT2D eigenvalue weighted by atomic mass is 32.1. The molecule has 3 rings (SSSR count). The van der Waals surface area contributed by atoms with Gasteiger partial charge in [-0.3, -0.25) is 14.9 Å². The zero-order valence-corrected chi connectivity index (χ0v) is 14.2. The zero-order valence-electron chi connectivity index (χ0n) is 13.4. The Kier molecular flexibility index (Phi) is 4.80. The third-order valence-electron chi connectivity index (χ3n) is 3.94. The number of primary amides is 1. The summed E-state index contributed by atoms with van der Waals surface area (Å²) >= 11 is 1.54. The maximum absolute atomic E-state index is 12.0. The number of anilines is 1. The predicted molar refractivity (Wildman–Crippen MR) is 92.4 cm³/mol. The van der Waals surface area contributed by atoms with E-state index in [1.165, 1.54) is 4.88 Å². The molecule has 0 fully saturated rings. The van der Waals surface area contributed by atoms with Crippen molar-refractivity contribution in [3.63, 3.8) is 0 Å². The summed E-state index contributed by atoms with van der Waals surface area (Å²) in [7, 11) is 0. The first-order valence-corrected chi connectivity index (χ1v) is 8.64. The molecule has 0 saturated carbocycles. The van der Waals surface area contributed by atoms with Gasteiger partial charge < -0.3 is 10.5 Å². The number of nitrogens with zero attached hydrogens (tertiary/aromatic N) is 1. The molecule has 1 aromatic carbocycles. The molecule has 0 aliphatic heterocycles. The standard InChI is InChI=1S/C17H19N3O3S/c1-10-2-7-13-14(8-10)24-17(19-13)20-15(21)9-23-12-5-3-11(4-6-12)16(18)22/h3-6,10H,2,7-9H2,1H3,(H2,18,22)(H,19,20,21). The van der Waals surface area contributed by atoms with Crippen LogP contribution in [0.2, 0.25) is 0 Å². The highest BCUT2D eigenvalue weighted by molar-refractivity contribution is 7.15. The molecule has 126 valence electrons. The number of ether oxygens (including phenoxy) is 1. The van der Waals surface area contributed by atoms with Gasteiger partial charge in [0.1, 0.15) is 5.75 Å². The quantitative estimate of drug-likeness (QED) is 0.870. The van der Waals surface area contributed by atoms with Gasteiger partial charge in [0.15, 0.2) is 11.7 Å². The van der Waals surface area contributed by atoms with Crippen LogP contribution in [0.25, 0.3) is 0 Å². The van der Waals surface area contributed by atoms with Gasteiger partial charge in [-0.1, -0.05) is 6.92 Å². The van der Waals surface area contributed by atoms with Gasteiger partial charge in [-0.15, -0.1) is 11.3 Å². The van der Waals surface area contributed by atoms with Gasteiger partial charge in [-0.25, -0.2) is 4.98 Å². The molecule has 1 aliphatic carbocycles. The number of carbonyl (C=O) groups excluding carboxylic acids is 2. The number of fused-ring (bicyclic) bond motifs is 1. The molecule has 6 nitrogen and oxygen atoms in total. The Morgan fingerprint density at radius 2 is 2.12 bits per heavy atom. The molecule has 0 spiro atoms. The van der Waals surface area contributed by atoms with Crippen LogP contribution in [0, 0.1) is 5.92 Å². The van der Waals surface area contributed by atoms with E-state index in [1.807, 2.05) is 0 Å². The first-order chi connectivity index (χ1) is 11.5. The number of nitrogens with one attached hydrogen (secondary N) is 1. The number of amides is 2. The number of carbonyl (C=O) groups is 2. The van der Waals surface area contributed by atoms with E-state index in [4.69, 9.17) is 10.5 Å². The summed E-state index contributed by atoms with van der Waals surface area (Å²) in [5.74, 6) is 0.421. The molecule has 0 radical (unpaired) electrons. The van der Waals surface area contributed by atoms with Crippen molar-refractivity contribution in [1.29, 1.82) is 0 Å². The van der Waals surface area contributed by atoms with Gasteiger partial charge in [0.25, 0.3) is 5.91 Å². The molecule has 3 N–H and O–H groups in total. The Morgan fingerprint density at radius 1 is 1.38 bits per heavy atom. The topological polar surface area (TPSA) is 94.3 Å². The van der Waals surface area contributed by atoms with Gasteiger partial charge in [0.2, 0.25) is 5.91 Å². The van der Waals surface area contributed by atoms with E-state index in [2.05, 4.69) is 17.2 Å². The van der Waals surface area contributed by atoms with Crippen molar-refractivity contribution in [1.82, 2.24) is 4.98 Å². The first kappa shape index (κ1) is 16.4. The summed E-state index contributed by atoms with van der Waals surface area (Å²) < 4.78 is 5.41. The zero-order chi connectivity index (χ0) is 17.1. The molecule has 24 heavy (non-hydrogen) atoms. The third-order valence-corrected chi connectivity index (χ3v) is 4.98. The lowest BCUT2D eigenvalue weighted by Gasteiger charge is -2.15. The van der Waals surface area contributed by atoms with Crippen molar-refractivity contribution in [2.45, 2.75) is 26.2 Å². The Hall–Kier alpha value is -2.41. The molecule has 1 atom stereocenters. The molecule has 1 aliphatic rings. The normalized spacial score (nSPS) is 16.3. The minimum atomic E-state index is -0.499. The predicted octanol–water partition coefficient (Wildman–Crippen LogP) is 2.38. The van der Waals surface area contributed by atoms with Crippen LogP contribution in [-0.2, 0) is 17.6 Å². The van der Waals surface area contributed by atoms with Gasteiger partial charge in [-0.2, -0.15) is 0 Å². The largest absolute Gasteiger partial charge is 0.484 e. The number of thiazole rings is 1. The van der Waals surface area contributed by atoms with Crippen molar-refractivity contribution < 1.29 is 14.3 Å². The van der Waals surface area contributed by atoms with Gasteiger partial charge in [0.05, 0.1) is 5.69 Å². The number of hydrogen-bond donors (Lipinski definition) is 2. The number of benzene rings is 1. The molecule has 1 heterocycles. The van der Waals surface area contributed by atoms with Gasteiger partial charge in [-0.05, 0) is 49.4 Å². The fourth-order valence-corrected chi connectivity index (χ4v) is 3.80. The minimum Gasteiger partial charge on any atom is -0.484 e. The van der Waals surface area contributed by atoms with E-state index in [9.17, 15) is 9.59 Å². The number of aromatic nitrogens is 1. The Morgan fingerprint density at radius 3 is 2.83 bits per heavy atom. The van der Waals surface area contributed by atoms with Crippen molar-refractivity contribution in [2.75, 3.05) is 11.9 Å². The monoisotopic (exact) mass is 345 g/mol. The highest BCUT2D eigenvalue weighted by Crippen LogP contribution is 2.32. The van der Waals surface area contributed by atoms with Crippen LogP contribution in [0.15, 0.2) is 24.3 Å². The van der Waals surface area contributed by atoms with Crippen LogP contribution >= 0.6 is 11.3 Å². The van der Waals surface area contributed by atoms with E-state index in [-0.39, 0.29) is 12.5 Å². The lowest BCUT2D eigenvalue weighted by atomic mass is 9.93. The molecule has 1 aromatic heterocycles. The molecule has 7 heteroatoms. The van der Waals surface area contributed by atoms with Crippen molar-refractivity contribution in [3.8, 4) is 5.75 Å². The average Bonchev–Trinajstić information content (AvgIpc) is 2.94. The smallest absolute Gasteiger partial charge is 0.264 e. The summed E-state index contributed by atoms with van der Waals surface area (Å²) in [6, 6.07) is 6.34. The number of rotatable bonds is 5. The number of hydrogen-bond acceptors (Lipinski definition) is 5. The van der Waals surface area contributed by atoms with Crippen LogP contribution < -0.4 is 15.8 Å². The van der Waals surface area contributed by atoms with E-state index in [1.54, 1.807) is 35.6 Å². The van der Waals surface area contributed by atoms with Gasteiger partial charge >= 0.3 is 0 Å². The molecule has 1 unspecified atom stereocenters. The fraction of sp³-hybridized carbons (Fsp3) is 0.353. The lowest BCUT2D eigenvalue weighted by Crippen LogP contribution is -2.20. The molecule has 2 amide bonds. The van der Waals surface area contributed by atoms with Crippen molar-refractivity contribution >= 4 is 28.3 Å². The van der Waals surface area contributed by atoms with E-state index in [0.717, 1.165) is 25.0 Å². The Balaban J connectivity index is 1.53. The molecular weight excluding hydrogens is 326 g/mol. The van der Waals surface area contributed by atoms with Crippen LogP contribution in [0.1, 0.15) is 34.3 Å². The van der Waals surface area contributed by atoms with E-state index in [0.29, 0.717) is 22.4 Å². The molecule has 0 bridgehead atoms. The SMILES string of the molecule is CC1CCc2nc(NC(=O)COc3ccc(C(N)=O)cc3)sc2C1. The van der Waals surface area contributed by atoms with Crippen LogP contribution in [0.5, 0.6) is 5.75 Å². The number of aryl methyl sites for hydroxylation is 1. The first-order valence-electron chi connectivity index (χ1n) is 7.82. The summed E-state index contributed by atoms with van der Waals surface area (Å²) in [6.07, 6.45) is 3.16. The maximum Gasteiger partial charge on any atom is 0.264 e. The second-order valence-corrected chi connectivity index (χ2v) is 7.05. The van der Waals surface area contributed by atoms with Crippen molar-refractivity contribution in [3.05, 3.63) is 40.4 Å². The molecular formula is C17H19N3O3S. The minimum absolute atomic E-state index is 0.115. The second-order valence-electron chi connectivity index (χ2n) is 5.96. The van der Waals surface area contributed by atoms with Crippen molar-refractivity contribution in [2.24, 2.45) is 11.7 Å². The van der Waals surface area contributed by atoms with E-state index < -0.39 is 5.91 Å². The molecule has 2 aromatic rings. The van der Waals surface area contributed by atoms with Crippen LogP contribution in [0.4, 0.5) is 5.13 Å². The molecule has 0 saturated heterocycles. The third kappa shape index (κ3) is 3.91. The lowest BCUT2D eigenvalue weighted by molar-refractivity contribution is -0.118. The van der Waals surface area contributed by atoms with Crippen LogP contribution in [-0.4, -0.2) is 23.4 Å². The van der Waals surface area contributed by atoms with E-state index >= 15 is 0 Å². The summed E-state index contributed by atoms with van der Waals surface area (Å²) in [6.45, 7) is 2.12.